The van der Waals surface area contributed by atoms with Gasteiger partial charge >= 0.3 is 5.97 Å². The molecule has 0 fully saturated rings. The van der Waals surface area contributed by atoms with Crippen molar-refractivity contribution < 1.29 is 28.9 Å². The summed E-state index contributed by atoms with van der Waals surface area (Å²) in [5.41, 5.74) is 3.11. The predicted molar refractivity (Wildman–Crippen MR) is 139 cm³/mol. The van der Waals surface area contributed by atoms with Crippen molar-refractivity contribution in [3.05, 3.63) is 101 Å². The Morgan fingerprint density at radius 1 is 0.861 bits per heavy atom. The van der Waals surface area contributed by atoms with Crippen LogP contribution in [0.1, 0.15) is 43.0 Å². The van der Waals surface area contributed by atoms with Gasteiger partial charge in [-0.05, 0) is 42.0 Å². The lowest BCUT2D eigenvalue weighted by Crippen LogP contribution is -2.15. The van der Waals surface area contributed by atoms with E-state index in [2.05, 4.69) is 13.8 Å². The van der Waals surface area contributed by atoms with E-state index in [1.807, 2.05) is 60.7 Å². The van der Waals surface area contributed by atoms with E-state index in [4.69, 9.17) is 14.2 Å². The molecule has 3 aromatic carbocycles. The van der Waals surface area contributed by atoms with Crippen molar-refractivity contribution in [3.8, 4) is 11.5 Å². The van der Waals surface area contributed by atoms with Crippen LogP contribution in [0.2, 0.25) is 0 Å². The van der Waals surface area contributed by atoms with Gasteiger partial charge in [-0.3, -0.25) is 4.79 Å². The highest BCUT2D eigenvalue weighted by Gasteiger charge is 2.20. The summed E-state index contributed by atoms with van der Waals surface area (Å²) < 4.78 is 17.0. The normalized spacial score (nSPS) is 11.3. The Labute approximate surface area is 212 Å². The van der Waals surface area contributed by atoms with Crippen molar-refractivity contribution in [1.82, 2.24) is 0 Å². The smallest absolute Gasteiger partial charge is 0.379 e. The van der Waals surface area contributed by atoms with Crippen LogP contribution in [-0.2, 0) is 34.0 Å². The van der Waals surface area contributed by atoms with Crippen LogP contribution in [0, 0.1) is 5.92 Å². The average Bonchev–Trinajstić information content (AvgIpc) is 2.87. The first-order valence-corrected chi connectivity index (χ1v) is 12.0. The lowest BCUT2D eigenvalue weighted by molar-refractivity contribution is -0.151. The number of ketones is 1. The maximum Gasteiger partial charge on any atom is 0.379 e. The van der Waals surface area contributed by atoms with Crippen LogP contribution < -0.4 is 9.47 Å². The van der Waals surface area contributed by atoms with E-state index < -0.39 is 11.8 Å². The standard InChI is InChI=1S/C30H32O6/c1-4-34-30(33)27(32)17-26(31)25-16-24(15-21(2)3)28(35-19-22-11-7-5-8-12-22)18-29(25)36-20-23-13-9-6-10-14-23/h5-14,16-18,21,31H,4,15,19-20H2,1-3H3/b26-17-. The van der Waals surface area contributed by atoms with Gasteiger partial charge in [-0.15, -0.1) is 0 Å². The molecule has 36 heavy (non-hydrogen) atoms. The molecule has 0 aromatic heterocycles. The number of aliphatic hydroxyl groups is 1. The zero-order valence-electron chi connectivity index (χ0n) is 20.9. The van der Waals surface area contributed by atoms with Crippen molar-refractivity contribution in [2.45, 2.75) is 40.4 Å². The van der Waals surface area contributed by atoms with E-state index in [0.717, 1.165) is 22.8 Å². The Bertz CT molecular complexity index is 1180. The zero-order valence-corrected chi connectivity index (χ0v) is 20.9. The highest BCUT2D eigenvalue weighted by molar-refractivity contribution is 6.39. The second-order valence-electron chi connectivity index (χ2n) is 8.72. The van der Waals surface area contributed by atoms with Crippen LogP contribution in [0.4, 0.5) is 0 Å². The summed E-state index contributed by atoms with van der Waals surface area (Å²) in [4.78, 5) is 24.0. The summed E-state index contributed by atoms with van der Waals surface area (Å²) in [7, 11) is 0. The van der Waals surface area contributed by atoms with Crippen LogP contribution in [0.3, 0.4) is 0 Å². The molecule has 0 aliphatic heterocycles. The van der Waals surface area contributed by atoms with Gasteiger partial charge in [0.15, 0.2) is 0 Å². The number of hydrogen-bond acceptors (Lipinski definition) is 6. The fourth-order valence-corrected chi connectivity index (χ4v) is 3.59. The lowest BCUT2D eigenvalue weighted by atomic mass is 9.98. The first-order chi connectivity index (χ1) is 17.4. The molecule has 188 valence electrons. The Morgan fingerprint density at radius 2 is 1.42 bits per heavy atom. The number of esters is 1. The van der Waals surface area contributed by atoms with Gasteiger partial charge in [0.05, 0.1) is 12.2 Å². The Kier molecular flexibility index (Phi) is 9.69. The van der Waals surface area contributed by atoms with Crippen molar-refractivity contribution >= 4 is 17.5 Å². The Balaban J connectivity index is 2.00. The largest absolute Gasteiger partial charge is 0.507 e. The first-order valence-electron chi connectivity index (χ1n) is 12.0. The van der Waals surface area contributed by atoms with Gasteiger partial charge in [-0.2, -0.15) is 0 Å². The number of benzene rings is 3. The molecule has 3 aromatic rings. The molecule has 0 amide bonds. The van der Waals surface area contributed by atoms with Crippen molar-refractivity contribution in [2.75, 3.05) is 6.61 Å². The van der Waals surface area contributed by atoms with Crippen LogP contribution in [0.15, 0.2) is 78.9 Å². The minimum atomic E-state index is -1.03. The van der Waals surface area contributed by atoms with Gasteiger partial charge in [0.1, 0.15) is 30.5 Å². The molecule has 6 nitrogen and oxygen atoms in total. The first kappa shape index (κ1) is 26.5. The number of carbonyl (C=O) groups excluding carboxylic acids is 2. The van der Waals surface area contributed by atoms with Gasteiger partial charge < -0.3 is 19.3 Å². The van der Waals surface area contributed by atoms with E-state index in [-0.39, 0.29) is 19.0 Å². The Hall–Kier alpha value is -4.06. The zero-order chi connectivity index (χ0) is 25.9. The molecule has 0 aliphatic carbocycles. The van der Waals surface area contributed by atoms with Crippen molar-refractivity contribution in [2.24, 2.45) is 5.92 Å². The summed E-state index contributed by atoms with van der Waals surface area (Å²) in [5.74, 6) is -1.08. The topological polar surface area (TPSA) is 82.1 Å². The highest BCUT2D eigenvalue weighted by Crippen LogP contribution is 2.35. The molecule has 0 bridgehead atoms. The van der Waals surface area contributed by atoms with Crippen LogP contribution >= 0.6 is 0 Å². The summed E-state index contributed by atoms with van der Waals surface area (Å²) in [6.45, 7) is 6.45. The van der Waals surface area contributed by atoms with Crippen LogP contribution in [0.5, 0.6) is 11.5 Å². The fraction of sp³-hybridized carbons (Fsp3) is 0.267. The average molecular weight is 489 g/mol. The Morgan fingerprint density at radius 3 is 1.94 bits per heavy atom. The fourth-order valence-electron chi connectivity index (χ4n) is 3.59. The quantitative estimate of drug-likeness (QED) is 0.144. The SMILES string of the molecule is CCOC(=O)C(=O)/C=C(\O)c1cc(CC(C)C)c(OCc2ccccc2)cc1OCc1ccccc1. The van der Waals surface area contributed by atoms with Gasteiger partial charge in [-0.1, -0.05) is 74.5 Å². The molecule has 0 atom stereocenters. The maximum absolute atomic E-state index is 12.2. The summed E-state index contributed by atoms with van der Waals surface area (Å²) >= 11 is 0. The molecule has 0 unspecified atom stereocenters. The predicted octanol–water partition coefficient (Wildman–Crippen LogP) is 6.07. The second-order valence-corrected chi connectivity index (χ2v) is 8.72. The third-order valence-corrected chi connectivity index (χ3v) is 5.29. The molecule has 0 saturated carbocycles. The van der Waals surface area contributed by atoms with E-state index in [0.29, 0.717) is 36.0 Å². The molecule has 1 N–H and O–H groups in total. The molecule has 3 rings (SSSR count). The summed E-state index contributed by atoms with van der Waals surface area (Å²) in [5, 5.41) is 10.9. The van der Waals surface area contributed by atoms with Crippen LogP contribution in [-0.4, -0.2) is 23.5 Å². The van der Waals surface area contributed by atoms with E-state index in [1.165, 1.54) is 0 Å². The van der Waals surface area contributed by atoms with Gasteiger partial charge in [0, 0.05) is 12.1 Å². The third kappa shape index (κ3) is 7.73. The number of aliphatic hydroxyl groups excluding tert-OH is 1. The summed E-state index contributed by atoms with van der Waals surface area (Å²) in [6, 6.07) is 22.9. The maximum atomic E-state index is 12.2. The third-order valence-electron chi connectivity index (χ3n) is 5.29. The van der Waals surface area contributed by atoms with Gasteiger partial charge in [-0.25, -0.2) is 4.79 Å². The summed E-state index contributed by atoms with van der Waals surface area (Å²) in [6.07, 6.45) is 1.54. The second kappa shape index (κ2) is 13.1. The molecule has 0 spiro atoms. The van der Waals surface area contributed by atoms with Gasteiger partial charge in [0.2, 0.25) is 0 Å². The molecular weight excluding hydrogens is 456 g/mol. The van der Waals surface area contributed by atoms with E-state index >= 15 is 0 Å². The minimum absolute atomic E-state index is 0.0661. The molecule has 0 heterocycles. The molecule has 6 heteroatoms. The number of ether oxygens (including phenoxy) is 3. The monoisotopic (exact) mass is 488 g/mol. The van der Waals surface area contributed by atoms with E-state index in [1.54, 1.807) is 19.1 Å². The highest BCUT2D eigenvalue weighted by atomic mass is 16.5. The number of hydrogen-bond donors (Lipinski definition) is 1. The van der Waals surface area contributed by atoms with Gasteiger partial charge in [0.25, 0.3) is 5.78 Å². The molecular formula is C30H32O6. The number of rotatable bonds is 12. The molecule has 0 aliphatic rings. The molecule has 0 radical (unpaired) electrons. The van der Waals surface area contributed by atoms with Crippen LogP contribution in [0.25, 0.3) is 5.76 Å². The van der Waals surface area contributed by atoms with Crippen molar-refractivity contribution in [1.29, 1.82) is 0 Å². The lowest BCUT2D eigenvalue weighted by Gasteiger charge is -2.19. The molecule has 0 saturated heterocycles. The number of carbonyl (C=O) groups is 2. The van der Waals surface area contributed by atoms with E-state index in [9.17, 15) is 14.7 Å². The van der Waals surface area contributed by atoms with Crippen molar-refractivity contribution in [3.63, 3.8) is 0 Å². The minimum Gasteiger partial charge on any atom is -0.507 e.